The van der Waals surface area contributed by atoms with E-state index < -0.39 is 11.7 Å². The van der Waals surface area contributed by atoms with E-state index in [1.54, 1.807) is 25.1 Å². The van der Waals surface area contributed by atoms with Crippen molar-refractivity contribution in [2.24, 2.45) is 0 Å². The summed E-state index contributed by atoms with van der Waals surface area (Å²) in [6.07, 6.45) is 0.888. The zero-order valence-corrected chi connectivity index (χ0v) is 13.1. The monoisotopic (exact) mass is 327 g/mol. The van der Waals surface area contributed by atoms with Crippen molar-refractivity contribution in [3.05, 3.63) is 50.4 Å². The highest BCUT2D eigenvalue weighted by molar-refractivity contribution is 6.33. The predicted molar refractivity (Wildman–Crippen MR) is 84.8 cm³/mol. The van der Waals surface area contributed by atoms with Crippen LogP contribution in [0.5, 0.6) is 0 Å². The molecule has 21 heavy (non-hydrogen) atoms. The highest BCUT2D eigenvalue weighted by atomic mass is 35.5. The molecule has 0 bridgehead atoms. The van der Waals surface area contributed by atoms with E-state index in [1.807, 2.05) is 6.92 Å². The number of nitrogens with one attached hydrogen (secondary N) is 1. The zero-order valence-electron chi connectivity index (χ0n) is 11.6. The van der Waals surface area contributed by atoms with Gasteiger partial charge in [0, 0.05) is 11.6 Å². The average molecular weight is 328 g/mol. The molecule has 0 amide bonds. The van der Waals surface area contributed by atoms with Crippen molar-refractivity contribution in [2.45, 2.75) is 20.0 Å². The molecular formula is C14H15Cl2N3O2. The maximum Gasteiger partial charge on any atom is 0.292 e. The van der Waals surface area contributed by atoms with Gasteiger partial charge in [0.05, 0.1) is 23.7 Å². The van der Waals surface area contributed by atoms with Crippen molar-refractivity contribution in [1.82, 2.24) is 9.78 Å². The second kappa shape index (κ2) is 6.47. The lowest BCUT2D eigenvalue weighted by atomic mass is 10.2. The fourth-order valence-corrected chi connectivity index (χ4v) is 2.08. The molecule has 0 fully saturated rings. The Balaban J connectivity index is 2.40. The Morgan fingerprint density at radius 1 is 1.43 bits per heavy atom. The second-order valence-corrected chi connectivity index (χ2v) is 5.54. The van der Waals surface area contributed by atoms with Crippen molar-refractivity contribution in [2.75, 3.05) is 11.9 Å². The van der Waals surface area contributed by atoms with E-state index in [2.05, 4.69) is 10.4 Å². The van der Waals surface area contributed by atoms with Crippen LogP contribution in [0.4, 0.5) is 5.69 Å². The third kappa shape index (κ3) is 3.56. The number of rotatable bonds is 4. The van der Waals surface area contributed by atoms with Gasteiger partial charge in [-0.2, -0.15) is 9.78 Å². The molecule has 1 heterocycles. The van der Waals surface area contributed by atoms with Crippen molar-refractivity contribution < 1.29 is 5.11 Å². The minimum Gasteiger partial charge on any atom is -0.392 e. The van der Waals surface area contributed by atoms with Gasteiger partial charge in [0.25, 0.3) is 5.56 Å². The molecule has 1 aromatic carbocycles. The van der Waals surface area contributed by atoms with Crippen LogP contribution in [0.1, 0.15) is 12.5 Å². The van der Waals surface area contributed by atoms with Crippen LogP contribution >= 0.6 is 23.2 Å². The van der Waals surface area contributed by atoms with Gasteiger partial charge >= 0.3 is 0 Å². The van der Waals surface area contributed by atoms with Crippen LogP contribution in [0.25, 0.3) is 5.69 Å². The van der Waals surface area contributed by atoms with Crippen molar-refractivity contribution >= 4 is 28.9 Å². The molecule has 0 spiro atoms. The normalized spacial score (nSPS) is 12.2. The minimum atomic E-state index is -0.556. The Labute approximate surface area is 132 Å². The number of nitrogens with zero attached hydrogens (tertiary/aromatic N) is 2. The molecule has 2 N–H and O–H groups in total. The summed E-state index contributed by atoms with van der Waals surface area (Å²) in [6, 6.07) is 5.21. The van der Waals surface area contributed by atoms with E-state index >= 15 is 0 Å². The lowest BCUT2D eigenvalue weighted by Gasteiger charge is -2.11. The quantitative estimate of drug-likeness (QED) is 0.905. The van der Waals surface area contributed by atoms with Crippen LogP contribution in [0.3, 0.4) is 0 Å². The topological polar surface area (TPSA) is 67.2 Å². The number of aliphatic hydroxyl groups is 1. The van der Waals surface area contributed by atoms with E-state index in [1.165, 1.54) is 10.9 Å². The predicted octanol–water partition coefficient (Wildman–Crippen LogP) is 2.64. The molecule has 0 saturated carbocycles. The van der Waals surface area contributed by atoms with Crippen LogP contribution in [0.15, 0.2) is 29.2 Å². The van der Waals surface area contributed by atoms with Crippen LogP contribution in [0.2, 0.25) is 10.0 Å². The van der Waals surface area contributed by atoms with Gasteiger partial charge in [-0.3, -0.25) is 4.79 Å². The number of halogens is 2. The first-order valence-corrected chi connectivity index (χ1v) is 7.12. The van der Waals surface area contributed by atoms with E-state index in [-0.39, 0.29) is 11.6 Å². The molecule has 0 aliphatic carbocycles. The third-order valence-electron chi connectivity index (χ3n) is 2.91. The van der Waals surface area contributed by atoms with Crippen LogP contribution in [-0.4, -0.2) is 27.5 Å². The van der Waals surface area contributed by atoms with Gasteiger partial charge in [0.1, 0.15) is 5.02 Å². The molecule has 2 rings (SSSR count). The third-order valence-corrected chi connectivity index (χ3v) is 3.68. The minimum absolute atomic E-state index is 0.0161. The van der Waals surface area contributed by atoms with Gasteiger partial charge in [0.2, 0.25) is 0 Å². The first-order chi connectivity index (χ1) is 9.90. The molecular weight excluding hydrogens is 313 g/mol. The fraction of sp³-hybridized carbons (Fsp3) is 0.286. The number of hydrogen-bond donors (Lipinski definition) is 2. The molecule has 0 radical (unpaired) electrons. The number of benzene rings is 1. The number of aliphatic hydroxyl groups excluding tert-OH is 1. The summed E-state index contributed by atoms with van der Waals surface area (Å²) in [5, 5.41) is 16.7. The summed E-state index contributed by atoms with van der Waals surface area (Å²) in [5.41, 5.74) is 1.39. The van der Waals surface area contributed by atoms with Crippen molar-refractivity contribution in [3.63, 3.8) is 0 Å². The molecule has 1 aromatic heterocycles. The highest BCUT2D eigenvalue weighted by Gasteiger charge is 2.11. The number of hydrogen-bond acceptors (Lipinski definition) is 4. The Bertz CT molecular complexity index is 714. The molecule has 0 aliphatic heterocycles. The van der Waals surface area contributed by atoms with Crippen LogP contribution in [0, 0.1) is 6.92 Å². The summed E-state index contributed by atoms with van der Waals surface area (Å²) in [5.74, 6) is 0. The Hall–Kier alpha value is -1.56. The molecule has 2 aromatic rings. The van der Waals surface area contributed by atoms with Gasteiger partial charge in [-0.05, 0) is 31.5 Å². The smallest absolute Gasteiger partial charge is 0.292 e. The van der Waals surface area contributed by atoms with Gasteiger partial charge in [0.15, 0.2) is 0 Å². The summed E-state index contributed by atoms with van der Waals surface area (Å²) < 4.78 is 1.18. The van der Waals surface area contributed by atoms with Gasteiger partial charge in [-0.15, -0.1) is 0 Å². The van der Waals surface area contributed by atoms with E-state index in [0.29, 0.717) is 16.4 Å². The lowest BCUT2D eigenvalue weighted by Crippen LogP contribution is -2.24. The average Bonchev–Trinajstić information content (AvgIpc) is 2.43. The van der Waals surface area contributed by atoms with Crippen LogP contribution in [-0.2, 0) is 0 Å². The molecule has 7 heteroatoms. The Kier molecular flexibility index (Phi) is 4.88. The first kappa shape index (κ1) is 15.8. The number of aromatic nitrogens is 2. The maximum absolute atomic E-state index is 12.3. The van der Waals surface area contributed by atoms with E-state index in [4.69, 9.17) is 23.2 Å². The standard InChI is InChI=1S/C14H15Cl2N3O2/c1-8-3-4-10(5-11(8)15)19-14(21)13(16)12(7-18-19)17-6-9(2)20/h3-5,7,9,17,20H,6H2,1-2H3/t9-/m1/s1. The van der Waals surface area contributed by atoms with E-state index in [9.17, 15) is 9.90 Å². The molecule has 5 nitrogen and oxygen atoms in total. The summed E-state index contributed by atoms with van der Waals surface area (Å²) in [4.78, 5) is 12.3. The molecule has 0 saturated heterocycles. The Morgan fingerprint density at radius 3 is 2.76 bits per heavy atom. The van der Waals surface area contributed by atoms with Crippen molar-refractivity contribution in [1.29, 1.82) is 0 Å². The highest BCUT2D eigenvalue weighted by Crippen LogP contribution is 2.20. The van der Waals surface area contributed by atoms with Gasteiger partial charge in [-0.1, -0.05) is 29.3 Å². The molecule has 0 unspecified atom stereocenters. The number of anilines is 1. The lowest BCUT2D eigenvalue weighted by molar-refractivity contribution is 0.208. The van der Waals surface area contributed by atoms with Crippen LogP contribution < -0.4 is 10.9 Å². The Morgan fingerprint density at radius 2 is 2.14 bits per heavy atom. The second-order valence-electron chi connectivity index (χ2n) is 4.75. The maximum atomic E-state index is 12.3. The largest absolute Gasteiger partial charge is 0.392 e. The van der Waals surface area contributed by atoms with Crippen molar-refractivity contribution in [3.8, 4) is 5.69 Å². The first-order valence-electron chi connectivity index (χ1n) is 6.36. The molecule has 1 atom stereocenters. The zero-order chi connectivity index (χ0) is 15.6. The van der Waals surface area contributed by atoms with E-state index in [0.717, 1.165) is 5.56 Å². The fourth-order valence-electron chi connectivity index (χ4n) is 1.71. The summed E-state index contributed by atoms with van der Waals surface area (Å²) >= 11 is 12.1. The van der Waals surface area contributed by atoms with Gasteiger partial charge in [-0.25, -0.2) is 0 Å². The van der Waals surface area contributed by atoms with Gasteiger partial charge < -0.3 is 10.4 Å². The number of aryl methyl sites for hydroxylation is 1. The molecule has 0 aliphatic rings. The SMILES string of the molecule is Cc1ccc(-n2ncc(NC[C@@H](C)O)c(Cl)c2=O)cc1Cl. The summed E-state index contributed by atoms with van der Waals surface area (Å²) in [6.45, 7) is 3.78. The molecule has 112 valence electrons. The summed E-state index contributed by atoms with van der Waals surface area (Å²) in [7, 11) is 0.